The van der Waals surface area contributed by atoms with Gasteiger partial charge in [-0.2, -0.15) is 0 Å². The minimum Gasteiger partial charge on any atom is -0.352 e. The summed E-state index contributed by atoms with van der Waals surface area (Å²) in [7, 11) is 0. The van der Waals surface area contributed by atoms with Crippen molar-refractivity contribution < 1.29 is 0 Å². The van der Waals surface area contributed by atoms with Crippen LogP contribution in [0.5, 0.6) is 0 Å². The minimum absolute atomic E-state index is 0.0702. The van der Waals surface area contributed by atoms with Gasteiger partial charge in [0, 0.05) is 38.1 Å². The van der Waals surface area contributed by atoms with Crippen molar-refractivity contribution in [1.29, 1.82) is 0 Å². The standard InChI is InChI=1S/C18H30N4O/c1-15(2)14-22-13-8-19-17(18(22)23)21-11-5-6-16(7-12-21)20-9-3-4-10-20/h8,13,15-16H,3-7,9-12,14H2,1-2H3/t16-/m1/s1. The van der Waals surface area contributed by atoms with Gasteiger partial charge in [0.2, 0.25) is 0 Å². The topological polar surface area (TPSA) is 41.4 Å². The third kappa shape index (κ3) is 3.94. The van der Waals surface area contributed by atoms with Crippen molar-refractivity contribution in [3.8, 4) is 0 Å². The van der Waals surface area contributed by atoms with Crippen LogP contribution >= 0.6 is 0 Å². The van der Waals surface area contributed by atoms with E-state index in [-0.39, 0.29) is 5.56 Å². The molecular weight excluding hydrogens is 288 g/mol. The zero-order valence-corrected chi connectivity index (χ0v) is 14.6. The van der Waals surface area contributed by atoms with Gasteiger partial charge in [0.25, 0.3) is 5.56 Å². The van der Waals surface area contributed by atoms with Gasteiger partial charge in [-0.25, -0.2) is 4.98 Å². The van der Waals surface area contributed by atoms with E-state index in [1.807, 2.05) is 10.8 Å². The van der Waals surface area contributed by atoms with Gasteiger partial charge in [-0.05, 0) is 51.1 Å². The van der Waals surface area contributed by atoms with Gasteiger partial charge in [0.15, 0.2) is 5.82 Å². The van der Waals surface area contributed by atoms with Crippen molar-refractivity contribution >= 4 is 5.82 Å². The zero-order chi connectivity index (χ0) is 16.2. The number of hydrogen-bond acceptors (Lipinski definition) is 4. The molecule has 0 amide bonds. The first kappa shape index (κ1) is 16.5. The zero-order valence-electron chi connectivity index (χ0n) is 14.6. The number of anilines is 1. The summed E-state index contributed by atoms with van der Waals surface area (Å²) in [4.78, 5) is 22.0. The van der Waals surface area contributed by atoms with E-state index in [4.69, 9.17) is 0 Å². The molecule has 0 radical (unpaired) electrons. The van der Waals surface area contributed by atoms with Gasteiger partial charge >= 0.3 is 0 Å². The quantitative estimate of drug-likeness (QED) is 0.854. The molecule has 5 nitrogen and oxygen atoms in total. The smallest absolute Gasteiger partial charge is 0.293 e. The van der Waals surface area contributed by atoms with E-state index in [0.717, 1.165) is 32.5 Å². The van der Waals surface area contributed by atoms with Crippen molar-refractivity contribution in [2.45, 2.75) is 58.5 Å². The highest BCUT2D eigenvalue weighted by Crippen LogP contribution is 2.22. The Bertz CT molecular complexity index is 562. The van der Waals surface area contributed by atoms with Crippen molar-refractivity contribution in [1.82, 2.24) is 14.5 Å². The minimum atomic E-state index is 0.0702. The molecule has 2 fully saturated rings. The number of rotatable bonds is 4. The van der Waals surface area contributed by atoms with Gasteiger partial charge < -0.3 is 14.4 Å². The van der Waals surface area contributed by atoms with Crippen LogP contribution in [0.3, 0.4) is 0 Å². The predicted octanol–water partition coefficient (Wildman–Crippen LogP) is 2.35. The molecular formula is C18H30N4O. The molecule has 0 unspecified atom stereocenters. The average Bonchev–Trinajstić information content (AvgIpc) is 2.94. The Morgan fingerprint density at radius 1 is 1.13 bits per heavy atom. The normalized spacial score (nSPS) is 23.4. The lowest BCUT2D eigenvalue weighted by Gasteiger charge is -2.26. The SMILES string of the molecule is CC(C)Cn1ccnc(N2CCC[C@@H](N3CCCC3)CC2)c1=O. The Kier molecular flexibility index (Phi) is 5.36. The average molecular weight is 318 g/mol. The molecule has 0 aliphatic carbocycles. The molecule has 0 saturated carbocycles. The first-order valence-corrected chi connectivity index (χ1v) is 9.19. The second-order valence-electron chi connectivity index (χ2n) is 7.42. The number of aromatic nitrogens is 2. The van der Waals surface area contributed by atoms with Crippen LogP contribution in [0.15, 0.2) is 17.2 Å². The van der Waals surface area contributed by atoms with Crippen molar-refractivity contribution in [3.05, 3.63) is 22.7 Å². The summed E-state index contributed by atoms with van der Waals surface area (Å²) in [6, 6.07) is 0.698. The molecule has 2 aliphatic heterocycles. The van der Waals surface area contributed by atoms with E-state index in [0.29, 0.717) is 17.8 Å². The van der Waals surface area contributed by atoms with Crippen LogP contribution in [-0.2, 0) is 6.54 Å². The van der Waals surface area contributed by atoms with Gasteiger partial charge in [0.1, 0.15) is 0 Å². The Labute approximate surface area is 139 Å². The van der Waals surface area contributed by atoms with Gasteiger partial charge in [-0.3, -0.25) is 4.79 Å². The second kappa shape index (κ2) is 7.47. The van der Waals surface area contributed by atoms with Crippen LogP contribution in [0.2, 0.25) is 0 Å². The molecule has 1 aromatic rings. The third-order valence-corrected chi connectivity index (χ3v) is 5.11. The highest BCUT2D eigenvalue weighted by atomic mass is 16.1. The fourth-order valence-corrected chi connectivity index (χ4v) is 3.95. The molecule has 2 aliphatic rings. The maximum absolute atomic E-state index is 12.7. The van der Waals surface area contributed by atoms with Crippen LogP contribution < -0.4 is 10.5 Å². The third-order valence-electron chi connectivity index (χ3n) is 5.11. The lowest BCUT2D eigenvalue weighted by molar-refractivity contribution is 0.225. The number of hydrogen-bond donors (Lipinski definition) is 0. The monoisotopic (exact) mass is 318 g/mol. The molecule has 2 saturated heterocycles. The Hall–Kier alpha value is -1.36. The highest BCUT2D eigenvalue weighted by molar-refractivity contribution is 5.35. The van der Waals surface area contributed by atoms with E-state index in [1.54, 1.807) is 6.20 Å². The predicted molar refractivity (Wildman–Crippen MR) is 94.0 cm³/mol. The summed E-state index contributed by atoms with van der Waals surface area (Å²) in [5.41, 5.74) is 0.0702. The van der Waals surface area contributed by atoms with Crippen LogP contribution in [-0.4, -0.2) is 46.7 Å². The maximum atomic E-state index is 12.7. The van der Waals surface area contributed by atoms with Crippen molar-refractivity contribution in [3.63, 3.8) is 0 Å². The molecule has 0 bridgehead atoms. The van der Waals surface area contributed by atoms with Crippen LogP contribution in [0.1, 0.15) is 46.0 Å². The number of likely N-dealkylation sites (tertiary alicyclic amines) is 1. The van der Waals surface area contributed by atoms with Crippen LogP contribution in [0.25, 0.3) is 0 Å². The van der Waals surface area contributed by atoms with Crippen LogP contribution in [0, 0.1) is 5.92 Å². The molecule has 3 heterocycles. The molecule has 128 valence electrons. The molecule has 5 heteroatoms. The summed E-state index contributed by atoms with van der Waals surface area (Å²) >= 11 is 0. The fraction of sp³-hybridized carbons (Fsp3) is 0.778. The largest absolute Gasteiger partial charge is 0.352 e. The molecule has 1 atom stereocenters. The van der Waals surface area contributed by atoms with E-state index in [1.165, 1.54) is 32.4 Å². The maximum Gasteiger partial charge on any atom is 0.293 e. The lowest BCUT2D eigenvalue weighted by atomic mass is 10.1. The molecule has 0 N–H and O–H groups in total. The highest BCUT2D eigenvalue weighted by Gasteiger charge is 2.26. The fourth-order valence-electron chi connectivity index (χ4n) is 3.95. The van der Waals surface area contributed by atoms with Gasteiger partial charge in [-0.1, -0.05) is 13.8 Å². The van der Waals surface area contributed by atoms with Gasteiger partial charge in [0.05, 0.1) is 0 Å². The first-order chi connectivity index (χ1) is 11.1. The Morgan fingerprint density at radius 2 is 1.91 bits per heavy atom. The van der Waals surface area contributed by atoms with E-state index >= 15 is 0 Å². The van der Waals surface area contributed by atoms with E-state index < -0.39 is 0 Å². The van der Waals surface area contributed by atoms with E-state index in [2.05, 4.69) is 28.6 Å². The Morgan fingerprint density at radius 3 is 2.65 bits per heavy atom. The summed E-state index contributed by atoms with van der Waals surface area (Å²) in [5, 5.41) is 0. The molecule has 23 heavy (non-hydrogen) atoms. The molecule has 0 spiro atoms. The lowest BCUT2D eigenvalue weighted by Crippen LogP contribution is -2.36. The summed E-state index contributed by atoms with van der Waals surface area (Å²) < 4.78 is 1.82. The molecule has 3 rings (SSSR count). The van der Waals surface area contributed by atoms with Crippen molar-refractivity contribution in [2.24, 2.45) is 5.92 Å². The number of nitrogens with zero attached hydrogens (tertiary/aromatic N) is 4. The summed E-state index contributed by atoms with van der Waals surface area (Å²) in [6.07, 6.45) is 9.85. The molecule has 0 aromatic carbocycles. The summed E-state index contributed by atoms with van der Waals surface area (Å²) in [6.45, 7) is 9.47. The van der Waals surface area contributed by atoms with Crippen molar-refractivity contribution in [2.75, 3.05) is 31.1 Å². The van der Waals surface area contributed by atoms with Gasteiger partial charge in [-0.15, -0.1) is 0 Å². The summed E-state index contributed by atoms with van der Waals surface area (Å²) in [5.74, 6) is 1.11. The van der Waals surface area contributed by atoms with Crippen LogP contribution in [0.4, 0.5) is 5.82 Å². The Balaban J connectivity index is 1.71. The van der Waals surface area contributed by atoms with E-state index in [9.17, 15) is 4.79 Å². The molecule has 1 aromatic heterocycles. The second-order valence-corrected chi connectivity index (χ2v) is 7.42. The first-order valence-electron chi connectivity index (χ1n) is 9.19.